The number of hydrogen-bond donors (Lipinski definition) is 1. The molecule has 1 atom stereocenters. The van der Waals surface area contributed by atoms with E-state index in [0.29, 0.717) is 0 Å². The second-order valence-electron chi connectivity index (χ2n) is 5.55. The van der Waals surface area contributed by atoms with E-state index in [1.54, 1.807) is 6.33 Å². The van der Waals surface area contributed by atoms with E-state index in [4.69, 9.17) is 9.15 Å². The Hall–Kier alpha value is -2.33. The van der Waals surface area contributed by atoms with Crippen molar-refractivity contribution in [3.8, 4) is 22.7 Å². The van der Waals surface area contributed by atoms with Crippen LogP contribution < -0.4 is 0 Å². The van der Waals surface area contributed by atoms with Crippen molar-refractivity contribution in [3.05, 3.63) is 54.6 Å². The molecule has 22 heavy (non-hydrogen) atoms. The monoisotopic (exact) mass is 294 g/mol. The molecule has 1 fully saturated rings. The maximum absolute atomic E-state index is 6.03. The van der Waals surface area contributed by atoms with E-state index in [1.165, 1.54) is 6.42 Å². The Morgan fingerprint density at radius 2 is 1.95 bits per heavy atom. The lowest BCUT2D eigenvalue weighted by Crippen LogP contribution is -2.10. The molecule has 0 aliphatic carbocycles. The fourth-order valence-electron chi connectivity index (χ4n) is 2.92. The quantitative estimate of drug-likeness (QED) is 0.769. The molecular formula is C18H18N2O2. The van der Waals surface area contributed by atoms with Gasteiger partial charge < -0.3 is 14.1 Å². The Kier molecular flexibility index (Phi) is 3.52. The number of hydrogen-bond acceptors (Lipinski definition) is 3. The highest BCUT2D eigenvalue weighted by Gasteiger charge is 2.21. The van der Waals surface area contributed by atoms with Crippen LogP contribution in [0, 0.1) is 0 Å². The average molecular weight is 294 g/mol. The Morgan fingerprint density at radius 1 is 1.05 bits per heavy atom. The molecule has 0 spiro atoms. The summed E-state index contributed by atoms with van der Waals surface area (Å²) in [5.74, 6) is 1.71. The van der Waals surface area contributed by atoms with Gasteiger partial charge in [-0.2, -0.15) is 0 Å². The third kappa shape index (κ3) is 2.46. The van der Waals surface area contributed by atoms with Crippen LogP contribution in [0.25, 0.3) is 22.7 Å². The fraction of sp³-hybridized carbons (Fsp3) is 0.278. The first kappa shape index (κ1) is 13.3. The molecule has 0 amide bonds. The number of nitrogens with zero attached hydrogens (tertiary/aromatic N) is 1. The van der Waals surface area contributed by atoms with Crippen molar-refractivity contribution in [2.45, 2.75) is 25.4 Å². The summed E-state index contributed by atoms with van der Waals surface area (Å²) in [7, 11) is 0. The Labute approximate surface area is 129 Å². The summed E-state index contributed by atoms with van der Waals surface area (Å²) in [5, 5.41) is 0. The van der Waals surface area contributed by atoms with Gasteiger partial charge in [-0.3, -0.25) is 0 Å². The molecule has 1 N–H and O–H groups in total. The van der Waals surface area contributed by atoms with Crippen LogP contribution in [0.3, 0.4) is 0 Å². The minimum Gasteiger partial charge on any atom is -0.457 e. The standard InChI is InChI=1S/C18H18N2O2/c1-2-6-13(7-3-1)17-18(20-12-19-17)16-10-9-15(22-16)14-8-4-5-11-21-14/h1-3,6-7,9-10,12,14H,4-5,8,11H2,(H,19,20)/t14-/m1/s1. The van der Waals surface area contributed by atoms with Gasteiger partial charge in [0.2, 0.25) is 0 Å². The summed E-state index contributed by atoms with van der Waals surface area (Å²) in [4.78, 5) is 7.63. The molecule has 0 radical (unpaired) electrons. The normalized spacial score (nSPS) is 18.5. The van der Waals surface area contributed by atoms with Crippen LogP contribution in [0.2, 0.25) is 0 Å². The van der Waals surface area contributed by atoms with Crippen LogP contribution in [0.5, 0.6) is 0 Å². The third-order valence-electron chi connectivity index (χ3n) is 4.06. The van der Waals surface area contributed by atoms with Crippen molar-refractivity contribution >= 4 is 0 Å². The number of nitrogens with one attached hydrogen (secondary N) is 1. The summed E-state index contributed by atoms with van der Waals surface area (Å²) in [6, 6.07) is 14.1. The van der Waals surface area contributed by atoms with Gasteiger partial charge in [-0.05, 0) is 31.4 Å². The first-order chi connectivity index (χ1) is 10.9. The molecule has 0 saturated carbocycles. The first-order valence-electron chi connectivity index (χ1n) is 7.72. The number of aromatic amines is 1. The van der Waals surface area contributed by atoms with Crippen LogP contribution in [0.15, 0.2) is 53.2 Å². The van der Waals surface area contributed by atoms with E-state index in [-0.39, 0.29) is 6.10 Å². The van der Waals surface area contributed by atoms with Gasteiger partial charge >= 0.3 is 0 Å². The van der Waals surface area contributed by atoms with Gasteiger partial charge in [0.05, 0.1) is 12.0 Å². The molecule has 1 saturated heterocycles. The van der Waals surface area contributed by atoms with Crippen molar-refractivity contribution in [3.63, 3.8) is 0 Å². The highest BCUT2D eigenvalue weighted by molar-refractivity contribution is 5.75. The van der Waals surface area contributed by atoms with Gasteiger partial charge in [0.1, 0.15) is 17.6 Å². The minimum atomic E-state index is 0.0885. The van der Waals surface area contributed by atoms with E-state index in [9.17, 15) is 0 Å². The molecule has 2 aromatic heterocycles. The summed E-state index contributed by atoms with van der Waals surface area (Å²) < 4.78 is 11.8. The van der Waals surface area contributed by atoms with E-state index < -0.39 is 0 Å². The molecule has 0 unspecified atom stereocenters. The van der Waals surface area contributed by atoms with Crippen molar-refractivity contribution in [2.24, 2.45) is 0 Å². The first-order valence-corrected chi connectivity index (χ1v) is 7.72. The Morgan fingerprint density at radius 3 is 2.77 bits per heavy atom. The summed E-state index contributed by atoms with van der Waals surface area (Å²) in [6.07, 6.45) is 5.16. The van der Waals surface area contributed by atoms with Gasteiger partial charge in [-0.25, -0.2) is 4.98 Å². The van der Waals surface area contributed by atoms with E-state index in [1.807, 2.05) is 42.5 Å². The molecule has 4 nitrogen and oxygen atoms in total. The predicted molar refractivity (Wildman–Crippen MR) is 84.3 cm³/mol. The maximum Gasteiger partial charge on any atom is 0.152 e. The zero-order chi connectivity index (χ0) is 14.8. The van der Waals surface area contributed by atoms with E-state index in [2.05, 4.69) is 9.97 Å². The molecule has 1 aliphatic heterocycles. The molecule has 4 rings (SSSR count). The molecule has 0 bridgehead atoms. The second kappa shape index (κ2) is 5.81. The van der Waals surface area contributed by atoms with E-state index >= 15 is 0 Å². The summed E-state index contributed by atoms with van der Waals surface area (Å²) in [5.41, 5.74) is 2.89. The molecule has 1 aromatic carbocycles. The van der Waals surface area contributed by atoms with Crippen molar-refractivity contribution in [1.82, 2.24) is 9.97 Å². The van der Waals surface area contributed by atoms with Crippen molar-refractivity contribution in [2.75, 3.05) is 6.61 Å². The highest BCUT2D eigenvalue weighted by Crippen LogP contribution is 2.34. The molecule has 112 valence electrons. The van der Waals surface area contributed by atoms with Gasteiger partial charge in [-0.1, -0.05) is 30.3 Å². The maximum atomic E-state index is 6.03. The summed E-state index contributed by atoms with van der Waals surface area (Å²) >= 11 is 0. The number of benzene rings is 1. The average Bonchev–Trinajstić information content (AvgIpc) is 3.25. The van der Waals surface area contributed by atoms with Gasteiger partial charge in [0.25, 0.3) is 0 Å². The number of imidazole rings is 1. The molecule has 3 heterocycles. The number of furan rings is 1. The number of H-pyrrole nitrogens is 1. The fourth-order valence-corrected chi connectivity index (χ4v) is 2.92. The molecule has 4 heteroatoms. The predicted octanol–water partition coefficient (Wildman–Crippen LogP) is 4.58. The summed E-state index contributed by atoms with van der Waals surface area (Å²) in [6.45, 7) is 0.819. The van der Waals surface area contributed by atoms with E-state index in [0.717, 1.165) is 47.9 Å². The minimum absolute atomic E-state index is 0.0885. The van der Waals surface area contributed by atoms with Gasteiger partial charge in [0, 0.05) is 12.2 Å². The smallest absolute Gasteiger partial charge is 0.152 e. The third-order valence-corrected chi connectivity index (χ3v) is 4.06. The zero-order valence-electron chi connectivity index (χ0n) is 12.3. The van der Waals surface area contributed by atoms with Gasteiger partial charge in [0.15, 0.2) is 5.76 Å². The Balaban J connectivity index is 1.66. The number of ether oxygens (including phenoxy) is 1. The Bertz CT molecular complexity index is 739. The van der Waals surface area contributed by atoms with Crippen LogP contribution in [-0.4, -0.2) is 16.6 Å². The largest absolute Gasteiger partial charge is 0.457 e. The molecule has 3 aromatic rings. The number of rotatable bonds is 3. The lowest BCUT2D eigenvalue weighted by atomic mass is 10.1. The van der Waals surface area contributed by atoms with Crippen molar-refractivity contribution < 1.29 is 9.15 Å². The second-order valence-corrected chi connectivity index (χ2v) is 5.55. The molecular weight excluding hydrogens is 276 g/mol. The molecule has 1 aliphatic rings. The number of aromatic nitrogens is 2. The van der Waals surface area contributed by atoms with Gasteiger partial charge in [-0.15, -0.1) is 0 Å². The SMILES string of the molecule is c1ccc(-c2nc[nH]c2-c2ccc([C@H]3CCCCO3)o2)cc1. The van der Waals surface area contributed by atoms with Crippen LogP contribution in [-0.2, 0) is 4.74 Å². The van der Waals surface area contributed by atoms with Crippen LogP contribution >= 0.6 is 0 Å². The van der Waals surface area contributed by atoms with Crippen molar-refractivity contribution in [1.29, 1.82) is 0 Å². The van der Waals surface area contributed by atoms with Crippen LogP contribution in [0.4, 0.5) is 0 Å². The topological polar surface area (TPSA) is 51.0 Å². The zero-order valence-corrected chi connectivity index (χ0v) is 12.3. The highest BCUT2D eigenvalue weighted by atomic mass is 16.5. The van der Waals surface area contributed by atoms with Crippen LogP contribution in [0.1, 0.15) is 31.1 Å². The lowest BCUT2D eigenvalue weighted by molar-refractivity contribution is 0.00221. The lowest BCUT2D eigenvalue weighted by Gasteiger charge is -2.20.